The first kappa shape index (κ1) is 23.0. The van der Waals surface area contributed by atoms with Crippen LogP contribution in [-0.2, 0) is 11.2 Å². The predicted octanol–water partition coefficient (Wildman–Crippen LogP) is -0.0311. The Hall–Kier alpha value is -3.19. The van der Waals surface area contributed by atoms with Crippen molar-refractivity contribution in [3.05, 3.63) is 41.9 Å². The molecule has 1 fully saturated rings. The monoisotopic (exact) mass is 457 g/mol. The largest absolute Gasteiger partial charge is 0.394 e. The molecule has 0 radical (unpaired) electrons. The molecule has 4 atom stereocenters. The van der Waals surface area contributed by atoms with Crippen molar-refractivity contribution in [2.75, 3.05) is 6.61 Å². The Balaban J connectivity index is 1.57. The van der Waals surface area contributed by atoms with Crippen LogP contribution in [0.2, 0.25) is 0 Å². The highest BCUT2D eigenvalue weighted by Crippen LogP contribution is 2.30. The zero-order valence-electron chi connectivity index (χ0n) is 18.2. The molecular formula is C21H27N7O5. The van der Waals surface area contributed by atoms with Crippen LogP contribution in [0.4, 0.5) is 0 Å². The molecule has 1 saturated heterocycles. The highest BCUT2D eigenvalue weighted by Gasteiger charge is 2.45. The van der Waals surface area contributed by atoms with Gasteiger partial charge >= 0.3 is 0 Å². The van der Waals surface area contributed by atoms with Crippen LogP contribution in [0, 0.1) is 0 Å². The van der Waals surface area contributed by atoms with Crippen molar-refractivity contribution in [1.29, 1.82) is 0 Å². The van der Waals surface area contributed by atoms with Crippen LogP contribution in [0.3, 0.4) is 0 Å². The average Bonchev–Trinajstić information content (AvgIpc) is 3.53. The molecule has 0 saturated carbocycles. The van der Waals surface area contributed by atoms with E-state index in [4.69, 9.17) is 10.5 Å². The summed E-state index contributed by atoms with van der Waals surface area (Å²) in [5.41, 5.74) is 8.12. The lowest BCUT2D eigenvalue weighted by atomic mass is 10.0. The maximum absolute atomic E-state index is 11.9. The van der Waals surface area contributed by atoms with Gasteiger partial charge in [0, 0.05) is 5.56 Å². The number of carbonyl (C=O) groups is 1. The summed E-state index contributed by atoms with van der Waals surface area (Å²) in [7, 11) is 0. The van der Waals surface area contributed by atoms with Crippen LogP contribution in [-0.4, -0.2) is 75.9 Å². The molecule has 1 aromatic carbocycles. The average molecular weight is 457 g/mol. The number of aryl methyl sites for hydroxylation is 1. The molecule has 0 bridgehead atoms. The van der Waals surface area contributed by atoms with Crippen LogP contribution >= 0.6 is 0 Å². The summed E-state index contributed by atoms with van der Waals surface area (Å²) >= 11 is 0. The zero-order chi connectivity index (χ0) is 23.5. The quantitative estimate of drug-likeness (QED) is 0.322. The second-order valence-corrected chi connectivity index (χ2v) is 7.98. The fraction of sp³-hybridized carbons (Fsp3) is 0.476. The van der Waals surface area contributed by atoms with Gasteiger partial charge in [-0.1, -0.05) is 49.2 Å². The number of primary amides is 1. The molecule has 4 rings (SSSR count). The number of rotatable bonds is 9. The lowest BCUT2D eigenvalue weighted by Gasteiger charge is -2.15. The number of aliphatic hydroxyl groups is 3. The minimum Gasteiger partial charge on any atom is -0.394 e. The Morgan fingerprint density at radius 1 is 1.18 bits per heavy atom. The molecule has 176 valence electrons. The van der Waals surface area contributed by atoms with Gasteiger partial charge in [-0.3, -0.25) is 4.79 Å². The number of ether oxygens (including phenoxy) is 1. The topological polar surface area (TPSA) is 174 Å². The minimum atomic E-state index is -1.45. The van der Waals surface area contributed by atoms with E-state index in [2.05, 4.69) is 39.5 Å². The standard InChI is InChI=1S/C21H27N7O5/c1-2-3-4-5-12-6-8-13(9-7-12)14-10-27(26-24-14)21-23-19(18(22)32)28(25-21)20-17(31)16(30)15(11-29)33-20/h6-10,15-17,20,29-31H,2-5,11H2,1H3,(H2,22,32)/t15-,16-,17-,20-/m1/s1. The molecule has 5 N–H and O–H groups in total. The third kappa shape index (κ3) is 4.64. The van der Waals surface area contributed by atoms with Crippen molar-refractivity contribution in [2.24, 2.45) is 5.73 Å². The van der Waals surface area contributed by atoms with E-state index in [-0.39, 0.29) is 11.8 Å². The van der Waals surface area contributed by atoms with Gasteiger partial charge in [-0.15, -0.1) is 10.2 Å². The van der Waals surface area contributed by atoms with Crippen molar-refractivity contribution < 1.29 is 24.9 Å². The van der Waals surface area contributed by atoms with Crippen LogP contribution in [0.15, 0.2) is 30.5 Å². The second-order valence-electron chi connectivity index (χ2n) is 7.98. The Bertz CT molecular complexity index is 1100. The van der Waals surface area contributed by atoms with Gasteiger partial charge in [0.05, 0.1) is 12.8 Å². The molecule has 1 aliphatic rings. The highest BCUT2D eigenvalue weighted by molar-refractivity contribution is 5.89. The number of nitrogens with two attached hydrogens (primary N) is 1. The van der Waals surface area contributed by atoms with E-state index in [0.29, 0.717) is 5.69 Å². The Labute approximate surface area is 189 Å². The second kappa shape index (κ2) is 9.75. The molecule has 0 unspecified atom stereocenters. The maximum Gasteiger partial charge on any atom is 0.286 e. The van der Waals surface area contributed by atoms with Gasteiger partial charge in [0.15, 0.2) is 6.23 Å². The summed E-state index contributed by atoms with van der Waals surface area (Å²) in [6.07, 6.45) is 1.05. The molecule has 2 aromatic heterocycles. The minimum absolute atomic E-state index is 0.0172. The van der Waals surface area contributed by atoms with Gasteiger partial charge in [-0.25, -0.2) is 4.68 Å². The van der Waals surface area contributed by atoms with Crippen molar-refractivity contribution in [2.45, 2.75) is 57.1 Å². The molecular weight excluding hydrogens is 430 g/mol. The first-order valence-electron chi connectivity index (χ1n) is 10.8. The van der Waals surface area contributed by atoms with Crippen LogP contribution in [0.5, 0.6) is 0 Å². The van der Waals surface area contributed by atoms with Crippen molar-refractivity contribution in [1.82, 2.24) is 29.8 Å². The summed E-state index contributed by atoms with van der Waals surface area (Å²) in [6, 6.07) is 8.05. The van der Waals surface area contributed by atoms with Gasteiger partial charge in [0.2, 0.25) is 5.82 Å². The van der Waals surface area contributed by atoms with Crippen LogP contribution in [0.25, 0.3) is 17.2 Å². The molecule has 0 spiro atoms. The van der Waals surface area contributed by atoms with Crippen LogP contribution in [0.1, 0.15) is 48.6 Å². The van der Waals surface area contributed by atoms with Gasteiger partial charge in [0.1, 0.15) is 24.0 Å². The molecule has 1 amide bonds. The SMILES string of the molecule is CCCCCc1ccc(-c2cn(-c3nc(C(N)=O)n([C@@H]4O[C@H](CO)[C@@H](O)[C@H]4O)n3)nn2)cc1. The highest BCUT2D eigenvalue weighted by atomic mass is 16.6. The van der Waals surface area contributed by atoms with Gasteiger partial charge in [0.25, 0.3) is 11.9 Å². The molecule has 33 heavy (non-hydrogen) atoms. The number of benzene rings is 1. The van der Waals surface area contributed by atoms with E-state index in [9.17, 15) is 20.1 Å². The van der Waals surface area contributed by atoms with E-state index in [0.717, 1.165) is 23.1 Å². The van der Waals surface area contributed by atoms with Crippen molar-refractivity contribution in [3.8, 4) is 17.2 Å². The molecule has 12 nitrogen and oxygen atoms in total. The van der Waals surface area contributed by atoms with Crippen molar-refractivity contribution in [3.63, 3.8) is 0 Å². The molecule has 3 aromatic rings. The van der Waals surface area contributed by atoms with Gasteiger partial charge in [-0.05, 0) is 18.4 Å². The van der Waals surface area contributed by atoms with Gasteiger partial charge in [-0.2, -0.15) is 9.67 Å². The third-order valence-electron chi connectivity index (χ3n) is 5.62. The van der Waals surface area contributed by atoms with E-state index in [1.165, 1.54) is 23.1 Å². The fourth-order valence-electron chi connectivity index (χ4n) is 3.75. The Morgan fingerprint density at radius 2 is 1.94 bits per heavy atom. The Kier molecular flexibility index (Phi) is 6.79. The smallest absolute Gasteiger partial charge is 0.286 e. The maximum atomic E-state index is 11.9. The summed E-state index contributed by atoms with van der Waals surface area (Å²) in [5.74, 6) is -1.23. The lowest BCUT2D eigenvalue weighted by molar-refractivity contribution is -0.0595. The first-order valence-corrected chi connectivity index (χ1v) is 10.8. The third-order valence-corrected chi connectivity index (χ3v) is 5.62. The number of aliphatic hydroxyl groups excluding tert-OH is 3. The Morgan fingerprint density at radius 3 is 2.58 bits per heavy atom. The number of nitrogens with zero attached hydrogens (tertiary/aromatic N) is 6. The predicted molar refractivity (Wildman–Crippen MR) is 115 cm³/mol. The number of hydrogen-bond acceptors (Lipinski definition) is 9. The summed E-state index contributed by atoms with van der Waals surface area (Å²) in [4.78, 5) is 16.0. The number of aromatic nitrogens is 6. The van der Waals surface area contributed by atoms with Gasteiger partial charge < -0.3 is 25.8 Å². The summed E-state index contributed by atoms with van der Waals surface area (Å²) < 4.78 is 7.69. The molecule has 0 aliphatic carbocycles. The fourth-order valence-corrected chi connectivity index (χ4v) is 3.75. The zero-order valence-corrected chi connectivity index (χ0v) is 18.2. The van der Waals surface area contributed by atoms with Crippen molar-refractivity contribution >= 4 is 5.91 Å². The van der Waals surface area contributed by atoms with E-state index in [1.807, 2.05) is 12.1 Å². The molecule has 1 aliphatic heterocycles. The lowest BCUT2D eigenvalue weighted by Crippen LogP contribution is -2.34. The number of amides is 1. The summed E-state index contributed by atoms with van der Waals surface area (Å²) in [6.45, 7) is 1.65. The number of unbranched alkanes of at least 4 members (excludes halogenated alkanes) is 2. The molecule has 12 heteroatoms. The normalized spacial score (nSPS) is 22.7. The summed E-state index contributed by atoms with van der Waals surface area (Å²) in [5, 5.41) is 42.0. The number of carbonyl (C=O) groups excluding carboxylic acids is 1. The van der Waals surface area contributed by atoms with E-state index < -0.39 is 37.1 Å². The number of hydrogen-bond donors (Lipinski definition) is 4. The van der Waals surface area contributed by atoms with Crippen LogP contribution < -0.4 is 5.73 Å². The molecule has 3 heterocycles. The van der Waals surface area contributed by atoms with E-state index in [1.54, 1.807) is 6.20 Å². The first-order chi connectivity index (χ1) is 15.9. The van der Waals surface area contributed by atoms with E-state index >= 15 is 0 Å².